The lowest BCUT2D eigenvalue weighted by molar-refractivity contribution is 0.102. The number of hydrogen-bond donors (Lipinski definition) is 1. The van der Waals surface area contributed by atoms with Crippen molar-refractivity contribution in [3.8, 4) is 0 Å². The van der Waals surface area contributed by atoms with E-state index in [-0.39, 0.29) is 5.91 Å². The molecule has 2 rings (SSSR count). The fourth-order valence-corrected chi connectivity index (χ4v) is 2.29. The van der Waals surface area contributed by atoms with Crippen molar-refractivity contribution in [1.29, 1.82) is 0 Å². The number of carbonyl (C=O) groups excluding carboxylic acids is 1. The Morgan fingerprint density at radius 1 is 1.32 bits per heavy atom. The fraction of sp³-hybridized carbons (Fsp3) is 0.312. The zero-order chi connectivity index (χ0) is 15.9. The maximum atomic E-state index is 12.3. The summed E-state index contributed by atoms with van der Waals surface area (Å²) >= 11 is 3.41. The summed E-state index contributed by atoms with van der Waals surface area (Å²) in [5.41, 5.74) is 1.07. The van der Waals surface area contributed by atoms with Crippen molar-refractivity contribution in [2.75, 3.05) is 23.8 Å². The van der Waals surface area contributed by atoms with E-state index < -0.39 is 0 Å². The Morgan fingerprint density at radius 2 is 2.09 bits per heavy atom. The number of carbonyl (C=O) groups is 1. The van der Waals surface area contributed by atoms with Crippen LogP contribution in [-0.4, -0.2) is 29.5 Å². The molecule has 0 unspecified atom stereocenters. The van der Waals surface area contributed by atoms with E-state index in [4.69, 9.17) is 0 Å². The Kier molecular flexibility index (Phi) is 5.89. The van der Waals surface area contributed by atoms with Crippen LogP contribution >= 0.6 is 15.9 Å². The number of aromatic nitrogens is 2. The van der Waals surface area contributed by atoms with Gasteiger partial charge >= 0.3 is 0 Å². The second kappa shape index (κ2) is 7.89. The molecular weight excluding hydrogens is 344 g/mol. The van der Waals surface area contributed by atoms with Crippen LogP contribution in [0.4, 0.5) is 11.6 Å². The molecule has 0 aliphatic heterocycles. The molecule has 5 nitrogen and oxygen atoms in total. The van der Waals surface area contributed by atoms with Gasteiger partial charge in [-0.25, -0.2) is 9.97 Å². The minimum Gasteiger partial charge on any atom is -0.344 e. The highest BCUT2D eigenvalue weighted by Gasteiger charge is 2.12. The van der Waals surface area contributed by atoms with Gasteiger partial charge in [-0.1, -0.05) is 25.5 Å². The first kappa shape index (κ1) is 16.4. The zero-order valence-electron chi connectivity index (χ0n) is 12.7. The van der Waals surface area contributed by atoms with Gasteiger partial charge in [0.15, 0.2) is 0 Å². The van der Waals surface area contributed by atoms with Crippen LogP contribution in [0.2, 0.25) is 0 Å². The molecule has 6 heteroatoms. The van der Waals surface area contributed by atoms with Crippen LogP contribution in [0, 0.1) is 0 Å². The third-order valence-electron chi connectivity index (χ3n) is 3.19. The number of benzene rings is 1. The molecule has 1 amide bonds. The molecule has 0 saturated carbocycles. The molecule has 116 valence electrons. The zero-order valence-corrected chi connectivity index (χ0v) is 14.3. The van der Waals surface area contributed by atoms with E-state index in [0.29, 0.717) is 17.3 Å². The summed E-state index contributed by atoms with van der Waals surface area (Å²) in [6.45, 7) is 3.00. The Balaban J connectivity index is 2.12. The van der Waals surface area contributed by atoms with Gasteiger partial charge in [-0.05, 0) is 40.5 Å². The normalized spacial score (nSPS) is 10.3. The molecule has 0 bridgehead atoms. The predicted molar refractivity (Wildman–Crippen MR) is 92.3 cm³/mol. The minimum atomic E-state index is -0.251. The van der Waals surface area contributed by atoms with Gasteiger partial charge in [0.25, 0.3) is 5.91 Å². The van der Waals surface area contributed by atoms with Crippen molar-refractivity contribution < 1.29 is 4.79 Å². The van der Waals surface area contributed by atoms with Gasteiger partial charge in [0, 0.05) is 24.3 Å². The Labute approximate surface area is 138 Å². The molecule has 1 aromatic carbocycles. The standard InChI is InChI=1S/C16H19BrN4O/c1-3-4-11-21(2)16-18-10-9-14(20-16)15(22)19-13-8-6-5-7-12(13)17/h5-10H,3-4,11H2,1-2H3,(H,19,22). The molecule has 0 spiro atoms. The lowest BCUT2D eigenvalue weighted by Gasteiger charge is -2.16. The smallest absolute Gasteiger partial charge is 0.274 e. The van der Waals surface area contributed by atoms with Crippen LogP contribution in [-0.2, 0) is 0 Å². The second-order valence-corrected chi connectivity index (χ2v) is 5.81. The maximum absolute atomic E-state index is 12.3. The molecule has 2 aromatic rings. The first-order valence-electron chi connectivity index (χ1n) is 7.22. The Hall–Kier alpha value is -1.95. The predicted octanol–water partition coefficient (Wildman–Crippen LogP) is 3.73. The monoisotopic (exact) mass is 362 g/mol. The number of para-hydroxylation sites is 1. The molecule has 1 heterocycles. The van der Waals surface area contributed by atoms with E-state index in [1.54, 1.807) is 12.3 Å². The Bertz CT molecular complexity index is 648. The lowest BCUT2D eigenvalue weighted by atomic mass is 10.3. The highest BCUT2D eigenvalue weighted by Crippen LogP contribution is 2.21. The van der Waals surface area contributed by atoms with Crippen LogP contribution in [0.3, 0.4) is 0 Å². The molecule has 0 aliphatic rings. The van der Waals surface area contributed by atoms with E-state index in [9.17, 15) is 4.79 Å². The van der Waals surface area contributed by atoms with E-state index in [0.717, 1.165) is 23.9 Å². The number of hydrogen-bond acceptors (Lipinski definition) is 4. The topological polar surface area (TPSA) is 58.1 Å². The van der Waals surface area contributed by atoms with Crippen LogP contribution in [0.5, 0.6) is 0 Å². The minimum absolute atomic E-state index is 0.251. The third-order valence-corrected chi connectivity index (χ3v) is 3.88. The molecule has 0 atom stereocenters. The summed E-state index contributed by atoms with van der Waals surface area (Å²) in [5.74, 6) is 0.313. The van der Waals surface area contributed by atoms with Crippen molar-refractivity contribution in [2.24, 2.45) is 0 Å². The van der Waals surface area contributed by atoms with Gasteiger partial charge in [0.2, 0.25) is 5.95 Å². The number of anilines is 2. The molecule has 0 aliphatic carbocycles. The maximum Gasteiger partial charge on any atom is 0.274 e. The highest BCUT2D eigenvalue weighted by atomic mass is 79.9. The summed E-state index contributed by atoms with van der Waals surface area (Å²) in [6, 6.07) is 9.08. The van der Waals surface area contributed by atoms with Crippen LogP contribution in [0.15, 0.2) is 41.0 Å². The first-order chi connectivity index (χ1) is 10.6. The molecule has 0 saturated heterocycles. The van der Waals surface area contributed by atoms with E-state index in [2.05, 4.69) is 38.1 Å². The van der Waals surface area contributed by atoms with Gasteiger partial charge in [0.1, 0.15) is 5.69 Å². The largest absolute Gasteiger partial charge is 0.344 e. The summed E-state index contributed by atoms with van der Waals surface area (Å²) in [7, 11) is 1.93. The highest BCUT2D eigenvalue weighted by molar-refractivity contribution is 9.10. The van der Waals surface area contributed by atoms with Gasteiger partial charge < -0.3 is 10.2 Å². The molecule has 0 fully saturated rings. The van der Waals surface area contributed by atoms with Crippen LogP contribution in [0.25, 0.3) is 0 Å². The number of rotatable bonds is 6. The summed E-state index contributed by atoms with van der Waals surface area (Å²) in [5, 5.41) is 2.84. The average Bonchev–Trinajstić information content (AvgIpc) is 2.54. The van der Waals surface area contributed by atoms with Crippen molar-refractivity contribution in [2.45, 2.75) is 19.8 Å². The average molecular weight is 363 g/mol. The van der Waals surface area contributed by atoms with E-state index in [1.165, 1.54) is 0 Å². The van der Waals surface area contributed by atoms with Gasteiger partial charge in [-0.2, -0.15) is 0 Å². The van der Waals surface area contributed by atoms with E-state index in [1.807, 2.05) is 36.2 Å². The lowest BCUT2D eigenvalue weighted by Crippen LogP contribution is -2.23. The molecule has 0 radical (unpaired) electrons. The van der Waals surface area contributed by atoms with Gasteiger partial charge in [-0.15, -0.1) is 0 Å². The van der Waals surface area contributed by atoms with Crippen LogP contribution in [0.1, 0.15) is 30.3 Å². The van der Waals surface area contributed by atoms with Crippen LogP contribution < -0.4 is 10.2 Å². The molecule has 1 aromatic heterocycles. The molecular formula is C16H19BrN4O. The SMILES string of the molecule is CCCCN(C)c1nccc(C(=O)Nc2ccccc2Br)n1. The van der Waals surface area contributed by atoms with Crippen molar-refractivity contribution in [1.82, 2.24) is 9.97 Å². The number of unbranched alkanes of at least 4 members (excludes halogenated alkanes) is 1. The first-order valence-corrected chi connectivity index (χ1v) is 8.01. The number of nitrogens with one attached hydrogen (secondary N) is 1. The van der Waals surface area contributed by atoms with Crippen molar-refractivity contribution >= 4 is 33.5 Å². The number of halogens is 1. The molecule has 1 N–H and O–H groups in total. The van der Waals surface area contributed by atoms with Gasteiger partial charge in [-0.3, -0.25) is 4.79 Å². The molecule has 22 heavy (non-hydrogen) atoms. The van der Waals surface area contributed by atoms with Gasteiger partial charge in [0.05, 0.1) is 5.69 Å². The van der Waals surface area contributed by atoms with E-state index >= 15 is 0 Å². The summed E-state index contributed by atoms with van der Waals surface area (Å²) in [6.07, 6.45) is 3.78. The van der Waals surface area contributed by atoms with Crippen molar-refractivity contribution in [3.63, 3.8) is 0 Å². The number of amides is 1. The van der Waals surface area contributed by atoms with Crippen molar-refractivity contribution in [3.05, 3.63) is 46.7 Å². The third kappa shape index (κ3) is 4.27. The second-order valence-electron chi connectivity index (χ2n) is 4.95. The Morgan fingerprint density at radius 3 is 2.82 bits per heavy atom. The number of nitrogens with zero attached hydrogens (tertiary/aromatic N) is 3. The quantitative estimate of drug-likeness (QED) is 0.850. The summed E-state index contributed by atoms with van der Waals surface area (Å²) < 4.78 is 0.831. The fourth-order valence-electron chi connectivity index (χ4n) is 1.90. The summed E-state index contributed by atoms with van der Waals surface area (Å²) in [4.78, 5) is 22.8.